The van der Waals surface area contributed by atoms with Crippen LogP contribution in [0.2, 0.25) is 0 Å². The fourth-order valence-corrected chi connectivity index (χ4v) is 5.25. The summed E-state index contributed by atoms with van der Waals surface area (Å²) in [4.78, 5) is 23.8. The van der Waals surface area contributed by atoms with Gasteiger partial charge in [0.1, 0.15) is 12.1 Å². The molecule has 1 saturated heterocycles. The fraction of sp³-hybridized carbons (Fsp3) is 0.318. The second kappa shape index (κ2) is 9.29. The highest BCUT2D eigenvalue weighted by atomic mass is 32.2. The Labute approximate surface area is 181 Å². The van der Waals surface area contributed by atoms with Crippen molar-refractivity contribution in [3.63, 3.8) is 0 Å². The summed E-state index contributed by atoms with van der Waals surface area (Å²) < 4.78 is 27.5. The molecule has 0 unspecified atom stereocenters. The number of sulfonamides is 1. The molecule has 1 fully saturated rings. The standard InChI is InChI=1S/C22H24N4O4S/c1-15-4-6-16(7-5-15)17-8-10-19(11-9-17)31(29,30)26-12-2-3-20(26)22(28)25-18(14-23)13-21(24)27/h4-11,18,20H,2-3,12-13H2,1H3,(H2,24,27)(H,25,28)/t18-,20-/m0/s1. The van der Waals surface area contributed by atoms with Crippen LogP contribution in [-0.2, 0) is 19.6 Å². The van der Waals surface area contributed by atoms with Crippen molar-refractivity contribution in [1.82, 2.24) is 9.62 Å². The van der Waals surface area contributed by atoms with E-state index in [0.717, 1.165) is 21.0 Å². The van der Waals surface area contributed by atoms with Gasteiger partial charge in [0, 0.05) is 6.54 Å². The van der Waals surface area contributed by atoms with E-state index in [0.29, 0.717) is 12.8 Å². The van der Waals surface area contributed by atoms with Crippen LogP contribution < -0.4 is 11.1 Å². The predicted molar refractivity (Wildman–Crippen MR) is 115 cm³/mol. The van der Waals surface area contributed by atoms with Crippen molar-refractivity contribution >= 4 is 21.8 Å². The Morgan fingerprint density at radius 1 is 1.16 bits per heavy atom. The van der Waals surface area contributed by atoms with Gasteiger partial charge in [0.05, 0.1) is 17.4 Å². The van der Waals surface area contributed by atoms with E-state index in [1.165, 1.54) is 12.1 Å². The second-order valence-corrected chi connectivity index (χ2v) is 9.42. The summed E-state index contributed by atoms with van der Waals surface area (Å²) in [6.07, 6.45) is 0.523. The number of rotatable bonds is 7. The molecule has 1 heterocycles. The van der Waals surface area contributed by atoms with Crippen molar-refractivity contribution in [2.24, 2.45) is 5.73 Å². The van der Waals surface area contributed by atoms with E-state index >= 15 is 0 Å². The van der Waals surface area contributed by atoms with Crippen molar-refractivity contribution in [1.29, 1.82) is 5.26 Å². The van der Waals surface area contributed by atoms with Gasteiger partial charge < -0.3 is 11.1 Å². The lowest BCUT2D eigenvalue weighted by atomic mass is 10.0. The molecule has 1 aliphatic rings. The number of hydrogen-bond acceptors (Lipinski definition) is 5. The van der Waals surface area contributed by atoms with Gasteiger partial charge in [0.2, 0.25) is 21.8 Å². The molecule has 2 amide bonds. The summed E-state index contributed by atoms with van der Waals surface area (Å²) in [6.45, 7) is 2.20. The molecule has 0 radical (unpaired) electrons. The first kappa shape index (κ1) is 22.5. The van der Waals surface area contributed by atoms with E-state index in [1.54, 1.807) is 18.2 Å². The third kappa shape index (κ3) is 5.10. The van der Waals surface area contributed by atoms with Crippen molar-refractivity contribution in [2.45, 2.75) is 43.2 Å². The van der Waals surface area contributed by atoms with Gasteiger partial charge in [-0.1, -0.05) is 42.0 Å². The lowest BCUT2D eigenvalue weighted by Crippen LogP contribution is -2.49. The Morgan fingerprint density at radius 2 is 1.74 bits per heavy atom. The van der Waals surface area contributed by atoms with Crippen LogP contribution in [0.15, 0.2) is 53.4 Å². The molecule has 2 aromatic rings. The highest BCUT2D eigenvalue weighted by molar-refractivity contribution is 7.89. The van der Waals surface area contributed by atoms with Crippen LogP contribution in [0.1, 0.15) is 24.8 Å². The number of aryl methyl sites for hydroxylation is 1. The molecule has 31 heavy (non-hydrogen) atoms. The monoisotopic (exact) mass is 440 g/mol. The van der Waals surface area contributed by atoms with E-state index in [-0.39, 0.29) is 17.9 Å². The highest BCUT2D eigenvalue weighted by Crippen LogP contribution is 2.28. The summed E-state index contributed by atoms with van der Waals surface area (Å²) >= 11 is 0. The van der Waals surface area contributed by atoms with Crippen LogP contribution in [0.25, 0.3) is 11.1 Å². The van der Waals surface area contributed by atoms with Crippen LogP contribution in [-0.4, -0.2) is 43.2 Å². The van der Waals surface area contributed by atoms with Gasteiger partial charge in [0.25, 0.3) is 0 Å². The second-order valence-electron chi connectivity index (χ2n) is 7.52. The summed E-state index contributed by atoms with van der Waals surface area (Å²) in [7, 11) is -3.91. The Kier molecular flexibility index (Phi) is 6.73. The molecular formula is C22H24N4O4S. The molecule has 2 atom stereocenters. The van der Waals surface area contributed by atoms with E-state index in [1.807, 2.05) is 31.2 Å². The lowest BCUT2D eigenvalue weighted by molar-refractivity contribution is -0.125. The number of primary amides is 1. The van der Waals surface area contributed by atoms with Crippen molar-refractivity contribution < 1.29 is 18.0 Å². The fourth-order valence-electron chi connectivity index (χ4n) is 3.59. The Morgan fingerprint density at radius 3 is 2.29 bits per heavy atom. The normalized spacial score (nSPS) is 17.6. The molecule has 2 aromatic carbocycles. The molecule has 0 saturated carbocycles. The summed E-state index contributed by atoms with van der Waals surface area (Å²) in [5.74, 6) is -1.33. The first-order valence-electron chi connectivity index (χ1n) is 9.89. The summed E-state index contributed by atoms with van der Waals surface area (Å²) in [5.41, 5.74) is 8.08. The van der Waals surface area contributed by atoms with E-state index in [2.05, 4.69) is 5.32 Å². The van der Waals surface area contributed by atoms with E-state index in [9.17, 15) is 18.0 Å². The maximum Gasteiger partial charge on any atom is 0.243 e. The number of benzene rings is 2. The zero-order chi connectivity index (χ0) is 22.6. The van der Waals surface area contributed by atoms with Crippen LogP contribution in [0.4, 0.5) is 0 Å². The van der Waals surface area contributed by atoms with Gasteiger partial charge in [-0.05, 0) is 43.0 Å². The quantitative estimate of drug-likeness (QED) is 0.676. The minimum atomic E-state index is -3.91. The third-order valence-corrected chi connectivity index (χ3v) is 7.15. The van der Waals surface area contributed by atoms with Crippen LogP contribution >= 0.6 is 0 Å². The molecule has 3 N–H and O–H groups in total. The average molecular weight is 441 g/mol. The maximum atomic E-state index is 13.2. The number of carbonyl (C=O) groups excluding carboxylic acids is 2. The molecule has 0 aliphatic carbocycles. The topological polar surface area (TPSA) is 133 Å². The zero-order valence-corrected chi connectivity index (χ0v) is 17.9. The van der Waals surface area contributed by atoms with Crippen molar-refractivity contribution in [3.8, 4) is 17.2 Å². The molecular weight excluding hydrogens is 416 g/mol. The third-order valence-electron chi connectivity index (χ3n) is 5.23. The predicted octanol–water partition coefficient (Wildman–Crippen LogP) is 1.70. The molecule has 0 bridgehead atoms. The van der Waals surface area contributed by atoms with Crippen molar-refractivity contribution in [3.05, 3.63) is 54.1 Å². The average Bonchev–Trinajstić information content (AvgIpc) is 3.24. The Bertz CT molecular complexity index is 1110. The minimum absolute atomic E-state index is 0.0945. The van der Waals surface area contributed by atoms with E-state index < -0.39 is 33.9 Å². The summed E-state index contributed by atoms with van der Waals surface area (Å²) in [5, 5.41) is 11.5. The molecule has 3 rings (SSSR count). The number of hydrogen-bond donors (Lipinski definition) is 2. The van der Waals surface area contributed by atoms with Crippen LogP contribution in [0.5, 0.6) is 0 Å². The van der Waals surface area contributed by atoms with Gasteiger partial charge in [0.15, 0.2) is 0 Å². The molecule has 162 valence electrons. The maximum absolute atomic E-state index is 13.2. The van der Waals surface area contributed by atoms with Crippen LogP contribution in [0.3, 0.4) is 0 Å². The SMILES string of the molecule is Cc1ccc(-c2ccc(S(=O)(=O)N3CCC[C@H]3C(=O)N[C@H](C#N)CC(N)=O)cc2)cc1. The number of carbonyl (C=O) groups is 2. The van der Waals surface area contributed by atoms with E-state index in [4.69, 9.17) is 11.0 Å². The molecule has 1 aliphatic heterocycles. The molecule has 0 spiro atoms. The first-order valence-corrected chi connectivity index (χ1v) is 11.3. The van der Waals surface area contributed by atoms with Gasteiger partial charge >= 0.3 is 0 Å². The largest absolute Gasteiger partial charge is 0.370 e. The number of nitrogens with two attached hydrogens (primary N) is 1. The number of nitrogens with one attached hydrogen (secondary N) is 1. The number of nitrogens with zero attached hydrogens (tertiary/aromatic N) is 2. The first-order chi connectivity index (χ1) is 14.7. The molecule has 9 heteroatoms. The van der Waals surface area contributed by atoms with Gasteiger partial charge in [-0.15, -0.1) is 0 Å². The summed E-state index contributed by atoms with van der Waals surface area (Å²) in [6, 6.07) is 14.2. The van der Waals surface area contributed by atoms with Crippen molar-refractivity contribution in [2.75, 3.05) is 6.54 Å². The number of nitriles is 1. The highest BCUT2D eigenvalue weighted by Gasteiger charge is 2.40. The zero-order valence-electron chi connectivity index (χ0n) is 17.1. The van der Waals surface area contributed by atoms with Gasteiger partial charge in [-0.3, -0.25) is 9.59 Å². The lowest BCUT2D eigenvalue weighted by Gasteiger charge is -2.24. The number of amides is 2. The van der Waals surface area contributed by atoms with Gasteiger partial charge in [-0.25, -0.2) is 8.42 Å². The molecule has 8 nitrogen and oxygen atoms in total. The Hall–Kier alpha value is -3.22. The molecule has 0 aromatic heterocycles. The van der Waals surface area contributed by atoms with Gasteiger partial charge in [-0.2, -0.15) is 9.57 Å². The van der Waals surface area contributed by atoms with Crippen LogP contribution in [0, 0.1) is 18.3 Å². The Balaban J connectivity index is 1.78. The minimum Gasteiger partial charge on any atom is -0.370 e. The smallest absolute Gasteiger partial charge is 0.243 e.